The lowest BCUT2D eigenvalue weighted by Gasteiger charge is -2.24. The highest BCUT2D eigenvalue weighted by Gasteiger charge is 2.19. The first-order chi connectivity index (χ1) is 9.91. The lowest BCUT2D eigenvalue weighted by atomic mass is 10.2. The largest absolute Gasteiger partial charge is 0.397 e. The Morgan fingerprint density at radius 2 is 2.14 bits per heavy atom. The maximum absolute atomic E-state index is 12.0. The van der Waals surface area contributed by atoms with Crippen molar-refractivity contribution in [1.82, 2.24) is 4.31 Å². The SMILES string of the molecule is CN(C)S(=O)(=O)c1ccc(NCC2COCCO2)c(N)c1. The van der Waals surface area contributed by atoms with Crippen molar-refractivity contribution in [2.24, 2.45) is 0 Å². The van der Waals surface area contributed by atoms with Gasteiger partial charge in [0.15, 0.2) is 0 Å². The first kappa shape index (κ1) is 16.0. The zero-order valence-electron chi connectivity index (χ0n) is 12.2. The van der Waals surface area contributed by atoms with Gasteiger partial charge in [0.1, 0.15) is 0 Å². The Balaban J connectivity index is 2.05. The van der Waals surface area contributed by atoms with Gasteiger partial charge in [0, 0.05) is 20.6 Å². The van der Waals surface area contributed by atoms with E-state index in [2.05, 4.69) is 5.32 Å². The monoisotopic (exact) mass is 315 g/mol. The average molecular weight is 315 g/mol. The summed E-state index contributed by atoms with van der Waals surface area (Å²) in [6.45, 7) is 2.31. The van der Waals surface area contributed by atoms with E-state index < -0.39 is 10.0 Å². The van der Waals surface area contributed by atoms with Gasteiger partial charge in [-0.3, -0.25) is 0 Å². The fourth-order valence-corrected chi connectivity index (χ4v) is 2.89. The molecule has 7 nitrogen and oxygen atoms in total. The summed E-state index contributed by atoms with van der Waals surface area (Å²) in [4.78, 5) is 0.174. The van der Waals surface area contributed by atoms with Gasteiger partial charge in [-0.1, -0.05) is 0 Å². The Labute approximate surface area is 125 Å². The maximum Gasteiger partial charge on any atom is 0.242 e. The van der Waals surface area contributed by atoms with Crippen LogP contribution in [0.4, 0.5) is 11.4 Å². The quantitative estimate of drug-likeness (QED) is 0.761. The molecule has 1 unspecified atom stereocenters. The minimum absolute atomic E-state index is 0.0247. The summed E-state index contributed by atoms with van der Waals surface area (Å²) in [6.07, 6.45) is -0.0247. The second-order valence-corrected chi connectivity index (χ2v) is 7.14. The summed E-state index contributed by atoms with van der Waals surface area (Å²) in [5.41, 5.74) is 6.98. The topological polar surface area (TPSA) is 93.9 Å². The van der Waals surface area contributed by atoms with Crippen molar-refractivity contribution in [2.45, 2.75) is 11.0 Å². The molecule has 1 aliphatic rings. The smallest absolute Gasteiger partial charge is 0.242 e. The first-order valence-corrected chi connectivity index (χ1v) is 8.10. The molecule has 2 rings (SSSR count). The van der Waals surface area contributed by atoms with Crippen molar-refractivity contribution in [2.75, 3.05) is 51.5 Å². The summed E-state index contributed by atoms with van der Waals surface area (Å²) in [5, 5.41) is 3.15. The van der Waals surface area contributed by atoms with Gasteiger partial charge in [-0.05, 0) is 18.2 Å². The van der Waals surface area contributed by atoms with Crippen molar-refractivity contribution in [1.29, 1.82) is 0 Å². The van der Waals surface area contributed by atoms with Crippen LogP contribution >= 0.6 is 0 Å². The molecule has 0 amide bonds. The number of hydrogen-bond donors (Lipinski definition) is 2. The molecule has 3 N–H and O–H groups in total. The fourth-order valence-electron chi connectivity index (χ4n) is 1.95. The third-order valence-corrected chi connectivity index (χ3v) is 5.02. The number of ether oxygens (including phenoxy) is 2. The normalized spacial score (nSPS) is 19.7. The molecular formula is C13H21N3O4S. The molecule has 0 spiro atoms. The van der Waals surface area contributed by atoms with Gasteiger partial charge in [-0.2, -0.15) is 0 Å². The molecule has 0 aromatic heterocycles. The van der Waals surface area contributed by atoms with E-state index in [9.17, 15) is 8.42 Å². The summed E-state index contributed by atoms with van der Waals surface area (Å²) >= 11 is 0. The Kier molecular flexibility index (Phi) is 5.04. The molecular weight excluding hydrogens is 294 g/mol. The van der Waals surface area contributed by atoms with E-state index in [-0.39, 0.29) is 11.0 Å². The van der Waals surface area contributed by atoms with Crippen LogP contribution in [-0.4, -0.2) is 59.3 Å². The molecule has 1 aliphatic heterocycles. The van der Waals surface area contributed by atoms with Gasteiger partial charge < -0.3 is 20.5 Å². The van der Waals surface area contributed by atoms with Crippen molar-refractivity contribution < 1.29 is 17.9 Å². The van der Waals surface area contributed by atoms with Gasteiger partial charge in [-0.15, -0.1) is 0 Å². The van der Waals surface area contributed by atoms with Gasteiger partial charge in [-0.25, -0.2) is 12.7 Å². The molecule has 21 heavy (non-hydrogen) atoms. The molecule has 118 valence electrons. The summed E-state index contributed by atoms with van der Waals surface area (Å²) in [7, 11) is -0.502. The van der Waals surface area contributed by atoms with Gasteiger partial charge >= 0.3 is 0 Å². The van der Waals surface area contributed by atoms with Crippen molar-refractivity contribution >= 4 is 21.4 Å². The molecule has 1 fully saturated rings. The highest BCUT2D eigenvalue weighted by molar-refractivity contribution is 7.89. The lowest BCUT2D eigenvalue weighted by Crippen LogP contribution is -2.34. The summed E-state index contributed by atoms with van der Waals surface area (Å²) in [5.74, 6) is 0. The predicted molar refractivity (Wildman–Crippen MR) is 80.8 cm³/mol. The Hall–Kier alpha value is -1.35. The summed E-state index contributed by atoms with van der Waals surface area (Å²) in [6, 6.07) is 4.65. The second-order valence-electron chi connectivity index (χ2n) is 4.99. The van der Waals surface area contributed by atoms with Crippen molar-refractivity contribution in [3.63, 3.8) is 0 Å². The number of nitrogens with one attached hydrogen (secondary N) is 1. The van der Waals surface area contributed by atoms with Crippen LogP contribution in [0.5, 0.6) is 0 Å². The number of nitrogens with zero attached hydrogens (tertiary/aromatic N) is 1. The van der Waals surface area contributed by atoms with E-state index in [0.29, 0.717) is 37.7 Å². The standard InChI is InChI=1S/C13H21N3O4S/c1-16(2)21(17,18)11-3-4-13(12(14)7-11)15-8-10-9-19-5-6-20-10/h3-4,7,10,15H,5-6,8-9,14H2,1-2H3. The Morgan fingerprint density at radius 3 is 2.71 bits per heavy atom. The average Bonchev–Trinajstić information content (AvgIpc) is 2.46. The zero-order valence-corrected chi connectivity index (χ0v) is 13.0. The number of benzene rings is 1. The molecule has 1 saturated heterocycles. The van der Waals surface area contributed by atoms with Crippen LogP contribution in [-0.2, 0) is 19.5 Å². The minimum Gasteiger partial charge on any atom is -0.397 e. The van der Waals surface area contributed by atoms with Gasteiger partial charge in [0.05, 0.1) is 42.2 Å². The molecule has 0 saturated carbocycles. The first-order valence-electron chi connectivity index (χ1n) is 6.66. The highest BCUT2D eigenvalue weighted by atomic mass is 32.2. The van der Waals surface area contributed by atoms with Crippen LogP contribution in [0.1, 0.15) is 0 Å². The minimum atomic E-state index is -3.47. The van der Waals surface area contributed by atoms with Crippen molar-refractivity contribution in [3.8, 4) is 0 Å². The van der Waals surface area contributed by atoms with Crippen LogP contribution in [0.25, 0.3) is 0 Å². The van der Waals surface area contributed by atoms with Crippen LogP contribution in [0.2, 0.25) is 0 Å². The molecule has 1 aromatic carbocycles. The third kappa shape index (κ3) is 3.85. The Bertz CT molecular complexity index is 583. The van der Waals surface area contributed by atoms with Crippen molar-refractivity contribution in [3.05, 3.63) is 18.2 Å². The molecule has 0 aliphatic carbocycles. The predicted octanol–water partition coefficient (Wildman–Crippen LogP) is 0.346. The molecule has 0 bridgehead atoms. The van der Waals surface area contributed by atoms with Gasteiger partial charge in [0.2, 0.25) is 10.0 Å². The Morgan fingerprint density at radius 1 is 1.38 bits per heavy atom. The van der Waals surface area contributed by atoms with E-state index in [0.717, 1.165) is 4.31 Å². The zero-order chi connectivity index (χ0) is 15.5. The number of nitrogen functional groups attached to an aromatic ring is 1. The summed E-state index contributed by atoms with van der Waals surface area (Å²) < 4.78 is 36.0. The second kappa shape index (κ2) is 6.61. The number of hydrogen-bond acceptors (Lipinski definition) is 6. The van der Waals surface area contributed by atoms with Crippen LogP contribution in [0.15, 0.2) is 23.1 Å². The van der Waals surface area contributed by atoms with Crippen LogP contribution in [0.3, 0.4) is 0 Å². The highest BCUT2D eigenvalue weighted by Crippen LogP contribution is 2.24. The lowest BCUT2D eigenvalue weighted by molar-refractivity contribution is -0.0818. The number of rotatable bonds is 5. The molecule has 1 aromatic rings. The van der Waals surface area contributed by atoms with Crippen LogP contribution < -0.4 is 11.1 Å². The van der Waals surface area contributed by atoms with E-state index >= 15 is 0 Å². The maximum atomic E-state index is 12.0. The van der Waals surface area contributed by atoms with E-state index in [1.165, 1.54) is 26.2 Å². The third-order valence-electron chi connectivity index (χ3n) is 3.21. The molecule has 0 radical (unpaired) electrons. The van der Waals surface area contributed by atoms with Crippen LogP contribution in [0, 0.1) is 0 Å². The number of sulfonamides is 1. The molecule has 1 heterocycles. The van der Waals surface area contributed by atoms with E-state index in [1.807, 2.05) is 0 Å². The number of nitrogens with two attached hydrogens (primary N) is 1. The van der Waals surface area contributed by atoms with E-state index in [1.54, 1.807) is 6.07 Å². The molecule has 1 atom stereocenters. The number of anilines is 2. The fraction of sp³-hybridized carbons (Fsp3) is 0.538. The van der Waals surface area contributed by atoms with E-state index in [4.69, 9.17) is 15.2 Å². The molecule has 8 heteroatoms. The van der Waals surface area contributed by atoms with Gasteiger partial charge in [0.25, 0.3) is 0 Å².